The Kier molecular flexibility index (Phi) is 4.62. The van der Waals surface area contributed by atoms with Crippen molar-refractivity contribution < 1.29 is 9.68 Å². The largest absolute Gasteiger partial charge is 0.451 e. The third kappa shape index (κ3) is 2.82. The molecule has 22 heavy (non-hydrogen) atoms. The first-order valence-electron chi connectivity index (χ1n) is 7.94. The molecule has 0 unspecified atom stereocenters. The topological polar surface area (TPSA) is 41.5 Å². The van der Waals surface area contributed by atoms with Crippen molar-refractivity contribution in [1.29, 1.82) is 0 Å². The number of hydrogen-bond acceptors (Lipinski definition) is 3. The van der Waals surface area contributed by atoms with E-state index in [0.717, 1.165) is 30.5 Å². The molecule has 0 aromatic heterocycles. The zero-order chi connectivity index (χ0) is 15.4. The summed E-state index contributed by atoms with van der Waals surface area (Å²) in [4.78, 5) is 0. The summed E-state index contributed by atoms with van der Waals surface area (Å²) in [6, 6.07) is 20.6. The van der Waals surface area contributed by atoms with Crippen LogP contribution in [-0.4, -0.2) is 24.7 Å². The third-order valence-electron chi connectivity index (χ3n) is 4.31. The molecule has 0 radical (unpaired) electrons. The lowest BCUT2D eigenvalue weighted by Gasteiger charge is -2.41. The molecule has 2 N–H and O–H groups in total. The first kappa shape index (κ1) is 15.3. The summed E-state index contributed by atoms with van der Waals surface area (Å²) in [5.41, 5.74) is 1.47. The van der Waals surface area contributed by atoms with E-state index in [1.54, 1.807) is 6.82 Å². The van der Waals surface area contributed by atoms with Gasteiger partial charge in [-0.15, -0.1) is 0 Å². The molecule has 1 saturated heterocycles. The predicted molar refractivity (Wildman–Crippen MR) is 89.6 cm³/mol. The molecule has 2 aromatic carbocycles. The minimum absolute atomic E-state index is 0.145. The lowest BCUT2D eigenvalue weighted by atomic mass is 9.76. The summed E-state index contributed by atoms with van der Waals surface area (Å²) in [5.74, 6) is 0. The summed E-state index contributed by atoms with van der Waals surface area (Å²) in [5, 5.41) is 13.6. The molecular formula is C18H22BNO2. The second-order valence-electron chi connectivity index (χ2n) is 5.83. The molecule has 1 aliphatic rings. The van der Waals surface area contributed by atoms with Crippen molar-refractivity contribution >= 4 is 7.12 Å². The van der Waals surface area contributed by atoms with Gasteiger partial charge in [0.1, 0.15) is 5.60 Å². The van der Waals surface area contributed by atoms with Crippen molar-refractivity contribution in [3.05, 3.63) is 71.8 Å². The zero-order valence-corrected chi connectivity index (χ0v) is 12.9. The van der Waals surface area contributed by atoms with E-state index < -0.39 is 12.7 Å². The van der Waals surface area contributed by atoms with Gasteiger partial charge < -0.3 is 15.0 Å². The molecule has 1 heterocycles. The SMILES string of the molecule is CB(O)OC(c1ccccc1)(c1ccccc1)[C@@H]1CCCN1. The van der Waals surface area contributed by atoms with Crippen LogP contribution in [0.5, 0.6) is 0 Å². The molecule has 4 heteroatoms. The standard InChI is InChI=1S/C18H22BNO2/c1-19(21)22-18(17-13-8-14-20-17,15-9-4-2-5-10-15)16-11-6-3-7-12-16/h2-7,9-12,17,20-21H,8,13-14H2,1H3/t17-/m0/s1. The Morgan fingerprint density at radius 2 is 1.59 bits per heavy atom. The Hall–Kier alpha value is -1.62. The number of benzene rings is 2. The van der Waals surface area contributed by atoms with E-state index in [2.05, 4.69) is 29.6 Å². The second kappa shape index (κ2) is 6.65. The molecule has 1 atom stereocenters. The Balaban J connectivity index is 2.17. The van der Waals surface area contributed by atoms with Crippen LogP contribution in [0.4, 0.5) is 0 Å². The van der Waals surface area contributed by atoms with Crippen molar-refractivity contribution in [3.63, 3.8) is 0 Å². The van der Waals surface area contributed by atoms with Crippen LogP contribution >= 0.6 is 0 Å². The second-order valence-corrected chi connectivity index (χ2v) is 5.83. The first-order valence-corrected chi connectivity index (χ1v) is 7.94. The van der Waals surface area contributed by atoms with Crippen LogP contribution in [0.2, 0.25) is 6.82 Å². The van der Waals surface area contributed by atoms with Crippen molar-refractivity contribution in [2.75, 3.05) is 6.54 Å². The van der Waals surface area contributed by atoms with Crippen molar-refractivity contribution in [3.8, 4) is 0 Å². The fraction of sp³-hybridized carbons (Fsp3) is 0.333. The number of hydrogen-bond donors (Lipinski definition) is 2. The minimum Gasteiger partial charge on any atom is -0.427 e. The molecule has 1 aliphatic heterocycles. The number of rotatable bonds is 5. The highest BCUT2D eigenvalue weighted by atomic mass is 16.5. The quantitative estimate of drug-likeness (QED) is 0.833. The molecule has 114 valence electrons. The molecule has 3 rings (SSSR count). The predicted octanol–water partition coefficient (Wildman–Crippen LogP) is 2.81. The van der Waals surface area contributed by atoms with E-state index in [1.807, 2.05) is 36.4 Å². The van der Waals surface area contributed by atoms with E-state index in [4.69, 9.17) is 4.65 Å². The molecule has 0 spiro atoms. The minimum atomic E-state index is -0.845. The maximum Gasteiger partial charge on any atom is 0.451 e. The van der Waals surface area contributed by atoms with Crippen molar-refractivity contribution in [1.82, 2.24) is 5.32 Å². The highest BCUT2D eigenvalue weighted by Crippen LogP contribution is 2.40. The number of nitrogens with one attached hydrogen (secondary N) is 1. The summed E-state index contributed by atoms with van der Waals surface area (Å²) in [7, 11) is -0.845. The van der Waals surface area contributed by atoms with Crippen LogP contribution in [0.3, 0.4) is 0 Å². The van der Waals surface area contributed by atoms with Gasteiger partial charge in [0.2, 0.25) is 0 Å². The van der Waals surface area contributed by atoms with Gasteiger partial charge >= 0.3 is 7.12 Å². The van der Waals surface area contributed by atoms with Gasteiger partial charge in [-0.25, -0.2) is 0 Å². The van der Waals surface area contributed by atoms with E-state index in [0.29, 0.717) is 0 Å². The fourth-order valence-corrected chi connectivity index (χ4v) is 3.46. The third-order valence-corrected chi connectivity index (χ3v) is 4.31. The normalized spacial score (nSPS) is 18.4. The molecule has 3 nitrogen and oxygen atoms in total. The summed E-state index contributed by atoms with van der Waals surface area (Å²) >= 11 is 0. The van der Waals surface area contributed by atoms with Crippen LogP contribution in [0, 0.1) is 0 Å². The average Bonchev–Trinajstić information content (AvgIpc) is 3.09. The van der Waals surface area contributed by atoms with Gasteiger partial charge in [-0.2, -0.15) is 0 Å². The summed E-state index contributed by atoms with van der Waals surface area (Å²) < 4.78 is 6.19. The van der Waals surface area contributed by atoms with Crippen molar-refractivity contribution in [2.24, 2.45) is 0 Å². The average molecular weight is 295 g/mol. The lowest BCUT2D eigenvalue weighted by Crippen LogP contribution is -2.50. The Morgan fingerprint density at radius 3 is 2.00 bits per heavy atom. The molecule has 0 saturated carbocycles. The Labute approximate surface area is 132 Å². The van der Waals surface area contributed by atoms with Gasteiger partial charge in [0.15, 0.2) is 0 Å². The molecule has 2 aromatic rings. The highest BCUT2D eigenvalue weighted by Gasteiger charge is 2.45. The molecule has 0 amide bonds. The van der Waals surface area contributed by atoms with Gasteiger partial charge in [0, 0.05) is 6.04 Å². The van der Waals surface area contributed by atoms with Gasteiger partial charge in [-0.1, -0.05) is 60.7 Å². The van der Waals surface area contributed by atoms with Crippen LogP contribution in [-0.2, 0) is 10.3 Å². The van der Waals surface area contributed by atoms with Crippen LogP contribution in [0.25, 0.3) is 0 Å². The fourth-order valence-electron chi connectivity index (χ4n) is 3.46. The molecule has 0 bridgehead atoms. The van der Waals surface area contributed by atoms with Crippen LogP contribution in [0.1, 0.15) is 24.0 Å². The van der Waals surface area contributed by atoms with E-state index in [-0.39, 0.29) is 6.04 Å². The maximum atomic E-state index is 10.0. The summed E-state index contributed by atoms with van der Waals surface area (Å²) in [6.07, 6.45) is 2.14. The first-order chi connectivity index (χ1) is 10.7. The molecular weight excluding hydrogens is 273 g/mol. The van der Waals surface area contributed by atoms with Crippen molar-refractivity contribution in [2.45, 2.75) is 31.3 Å². The lowest BCUT2D eigenvalue weighted by molar-refractivity contribution is 0.0508. The van der Waals surface area contributed by atoms with Gasteiger partial charge in [-0.3, -0.25) is 0 Å². The van der Waals surface area contributed by atoms with E-state index >= 15 is 0 Å². The monoisotopic (exact) mass is 295 g/mol. The van der Waals surface area contributed by atoms with Gasteiger partial charge in [-0.05, 0) is 37.3 Å². The van der Waals surface area contributed by atoms with Gasteiger partial charge in [0.25, 0.3) is 0 Å². The smallest absolute Gasteiger partial charge is 0.427 e. The highest BCUT2D eigenvalue weighted by molar-refractivity contribution is 6.41. The van der Waals surface area contributed by atoms with Gasteiger partial charge in [0.05, 0.1) is 0 Å². The van der Waals surface area contributed by atoms with E-state index in [9.17, 15) is 5.02 Å². The Bertz CT molecular complexity index is 543. The Morgan fingerprint density at radius 1 is 1.05 bits per heavy atom. The summed E-state index contributed by atoms with van der Waals surface area (Å²) in [6.45, 7) is 2.66. The van der Waals surface area contributed by atoms with E-state index in [1.165, 1.54) is 0 Å². The van der Waals surface area contributed by atoms with Crippen LogP contribution in [0.15, 0.2) is 60.7 Å². The zero-order valence-electron chi connectivity index (χ0n) is 12.9. The molecule has 1 fully saturated rings. The molecule has 0 aliphatic carbocycles. The maximum absolute atomic E-state index is 10.0. The van der Waals surface area contributed by atoms with Crippen LogP contribution < -0.4 is 5.32 Å².